The van der Waals surface area contributed by atoms with Crippen LogP contribution in [0.5, 0.6) is 0 Å². The lowest BCUT2D eigenvalue weighted by molar-refractivity contribution is 0.0783. The highest BCUT2D eigenvalue weighted by molar-refractivity contribution is 9.09. The lowest BCUT2D eigenvalue weighted by Crippen LogP contribution is -2.29. The summed E-state index contributed by atoms with van der Waals surface area (Å²) in [5.41, 5.74) is 0.851. The summed E-state index contributed by atoms with van der Waals surface area (Å²) >= 11 is 5.12. The van der Waals surface area contributed by atoms with Crippen molar-refractivity contribution in [2.75, 3.05) is 24.7 Å². The molecule has 98 valence electrons. The van der Waals surface area contributed by atoms with Crippen LogP contribution < -0.4 is 0 Å². The van der Waals surface area contributed by atoms with E-state index >= 15 is 0 Å². The van der Waals surface area contributed by atoms with Crippen LogP contribution in [0.25, 0.3) is 0 Å². The van der Waals surface area contributed by atoms with Gasteiger partial charge in [-0.15, -0.1) is 11.8 Å². The predicted molar refractivity (Wildman–Crippen MR) is 80.6 cm³/mol. The number of rotatable bonds is 4. The second-order valence-electron chi connectivity index (χ2n) is 4.58. The van der Waals surface area contributed by atoms with E-state index in [1.807, 2.05) is 35.4 Å². The van der Waals surface area contributed by atoms with Gasteiger partial charge in [-0.05, 0) is 37.1 Å². The molecule has 1 amide bonds. The van der Waals surface area contributed by atoms with Crippen LogP contribution in [0, 0.1) is 5.92 Å². The number of likely N-dealkylation sites (tertiary alicyclic amines) is 1. The van der Waals surface area contributed by atoms with E-state index in [9.17, 15) is 4.79 Å². The Morgan fingerprint density at radius 2 is 2.28 bits per heavy atom. The molecule has 1 saturated heterocycles. The number of hydrogen-bond acceptors (Lipinski definition) is 2. The van der Waals surface area contributed by atoms with Crippen molar-refractivity contribution in [2.45, 2.75) is 17.7 Å². The van der Waals surface area contributed by atoms with Gasteiger partial charge in [0, 0.05) is 23.3 Å². The summed E-state index contributed by atoms with van der Waals surface area (Å²) in [7, 11) is 0. The molecule has 0 N–H and O–H groups in total. The third-order valence-corrected chi connectivity index (χ3v) is 4.68. The van der Waals surface area contributed by atoms with Crippen LogP contribution >= 0.6 is 27.7 Å². The second kappa shape index (κ2) is 6.62. The summed E-state index contributed by atoms with van der Waals surface area (Å²) in [5.74, 6) is 0.854. The molecule has 18 heavy (non-hydrogen) atoms. The average Bonchev–Trinajstić information content (AvgIpc) is 2.87. The third kappa shape index (κ3) is 3.09. The first-order valence-electron chi connectivity index (χ1n) is 6.24. The van der Waals surface area contributed by atoms with Gasteiger partial charge in [-0.2, -0.15) is 0 Å². The summed E-state index contributed by atoms with van der Waals surface area (Å²) in [5, 5.41) is 1.03. The highest BCUT2D eigenvalue weighted by Crippen LogP contribution is 2.26. The molecule has 1 atom stereocenters. The van der Waals surface area contributed by atoms with Gasteiger partial charge in [0.2, 0.25) is 0 Å². The molecule has 1 fully saturated rings. The van der Waals surface area contributed by atoms with Gasteiger partial charge >= 0.3 is 0 Å². The van der Waals surface area contributed by atoms with Crippen LogP contribution in [0.1, 0.15) is 23.2 Å². The number of amides is 1. The Hall–Kier alpha value is -0.480. The number of alkyl halides is 1. The summed E-state index contributed by atoms with van der Waals surface area (Å²) in [6.07, 6.45) is 4.32. The smallest absolute Gasteiger partial charge is 0.254 e. The zero-order chi connectivity index (χ0) is 13.0. The van der Waals surface area contributed by atoms with E-state index < -0.39 is 0 Å². The summed E-state index contributed by atoms with van der Waals surface area (Å²) in [6, 6.07) is 7.88. The minimum Gasteiger partial charge on any atom is -0.338 e. The summed E-state index contributed by atoms with van der Waals surface area (Å²) in [4.78, 5) is 15.6. The fourth-order valence-corrected chi connectivity index (χ4v) is 3.64. The molecule has 1 aromatic rings. The fourth-order valence-electron chi connectivity index (χ4n) is 2.40. The first kappa shape index (κ1) is 13.9. The van der Waals surface area contributed by atoms with Crippen LogP contribution in [0.15, 0.2) is 29.2 Å². The molecule has 2 rings (SSSR count). The zero-order valence-corrected chi connectivity index (χ0v) is 13.0. The van der Waals surface area contributed by atoms with Crippen molar-refractivity contribution in [3.63, 3.8) is 0 Å². The molecule has 0 radical (unpaired) electrons. The average molecular weight is 328 g/mol. The Morgan fingerprint density at radius 1 is 1.50 bits per heavy atom. The van der Waals surface area contributed by atoms with Gasteiger partial charge in [0.25, 0.3) is 5.91 Å². The van der Waals surface area contributed by atoms with Crippen LogP contribution in [-0.2, 0) is 0 Å². The largest absolute Gasteiger partial charge is 0.338 e. The second-order valence-corrected chi connectivity index (χ2v) is 6.22. The molecular weight excluding hydrogens is 310 g/mol. The van der Waals surface area contributed by atoms with Gasteiger partial charge < -0.3 is 4.90 Å². The summed E-state index contributed by atoms with van der Waals surface area (Å²) < 4.78 is 0. The number of carbonyl (C=O) groups is 1. The van der Waals surface area contributed by atoms with E-state index in [1.54, 1.807) is 11.8 Å². The Bertz CT molecular complexity index is 424. The monoisotopic (exact) mass is 327 g/mol. The zero-order valence-electron chi connectivity index (χ0n) is 10.6. The molecular formula is C14H18BrNOS. The molecule has 0 aromatic heterocycles. The van der Waals surface area contributed by atoms with E-state index in [2.05, 4.69) is 15.9 Å². The van der Waals surface area contributed by atoms with Gasteiger partial charge in [0.05, 0.1) is 5.56 Å². The third-order valence-electron chi connectivity index (χ3n) is 3.43. The maximum Gasteiger partial charge on any atom is 0.254 e. The number of carbonyl (C=O) groups excluding carboxylic acids is 1. The van der Waals surface area contributed by atoms with E-state index in [0.717, 1.165) is 41.7 Å². The highest BCUT2D eigenvalue weighted by atomic mass is 79.9. The first-order chi connectivity index (χ1) is 8.76. The van der Waals surface area contributed by atoms with E-state index in [0.29, 0.717) is 5.92 Å². The molecule has 0 aliphatic carbocycles. The van der Waals surface area contributed by atoms with Crippen molar-refractivity contribution in [3.05, 3.63) is 29.8 Å². The Morgan fingerprint density at radius 3 is 3.00 bits per heavy atom. The van der Waals surface area contributed by atoms with Gasteiger partial charge in [0.1, 0.15) is 0 Å². The standard InChI is InChI=1S/C14H18BrNOS/c1-18-13-5-3-2-4-12(13)14(17)16-9-7-11(10-16)6-8-15/h2-5,11H,6-10H2,1H3. The highest BCUT2D eigenvalue weighted by Gasteiger charge is 2.27. The molecule has 1 unspecified atom stereocenters. The summed E-state index contributed by atoms with van der Waals surface area (Å²) in [6.45, 7) is 1.81. The van der Waals surface area contributed by atoms with Crippen molar-refractivity contribution >= 4 is 33.6 Å². The lowest BCUT2D eigenvalue weighted by atomic mass is 10.1. The van der Waals surface area contributed by atoms with Gasteiger partial charge in [-0.1, -0.05) is 28.1 Å². The number of halogens is 1. The van der Waals surface area contributed by atoms with Crippen LogP contribution in [-0.4, -0.2) is 35.5 Å². The van der Waals surface area contributed by atoms with Crippen molar-refractivity contribution < 1.29 is 4.79 Å². The molecule has 2 nitrogen and oxygen atoms in total. The number of nitrogens with zero attached hydrogens (tertiary/aromatic N) is 1. The molecule has 0 spiro atoms. The van der Waals surface area contributed by atoms with Gasteiger partial charge in [-0.25, -0.2) is 0 Å². The van der Waals surface area contributed by atoms with Crippen molar-refractivity contribution in [1.29, 1.82) is 0 Å². The van der Waals surface area contributed by atoms with Crippen molar-refractivity contribution in [3.8, 4) is 0 Å². The van der Waals surface area contributed by atoms with E-state index in [-0.39, 0.29) is 5.91 Å². The molecule has 1 aliphatic rings. The van der Waals surface area contributed by atoms with Gasteiger partial charge in [-0.3, -0.25) is 4.79 Å². The van der Waals surface area contributed by atoms with Crippen LogP contribution in [0.2, 0.25) is 0 Å². The molecule has 0 saturated carbocycles. The molecule has 1 heterocycles. The van der Waals surface area contributed by atoms with Crippen molar-refractivity contribution in [2.24, 2.45) is 5.92 Å². The Labute approximate surface area is 121 Å². The minimum atomic E-state index is 0.192. The topological polar surface area (TPSA) is 20.3 Å². The first-order valence-corrected chi connectivity index (χ1v) is 8.59. The molecule has 1 aliphatic heterocycles. The van der Waals surface area contributed by atoms with Crippen LogP contribution in [0.4, 0.5) is 0 Å². The Kier molecular flexibility index (Phi) is 5.13. The molecule has 1 aromatic carbocycles. The maximum absolute atomic E-state index is 12.5. The normalized spacial score (nSPS) is 19.2. The maximum atomic E-state index is 12.5. The fraction of sp³-hybridized carbons (Fsp3) is 0.500. The quantitative estimate of drug-likeness (QED) is 0.621. The van der Waals surface area contributed by atoms with Crippen molar-refractivity contribution in [1.82, 2.24) is 4.90 Å². The number of hydrogen-bond donors (Lipinski definition) is 0. The number of thioether (sulfide) groups is 1. The predicted octanol–water partition coefficient (Wildman–Crippen LogP) is 3.66. The SMILES string of the molecule is CSc1ccccc1C(=O)N1CCC(CCBr)C1. The van der Waals surface area contributed by atoms with Crippen LogP contribution in [0.3, 0.4) is 0 Å². The number of benzene rings is 1. The molecule has 4 heteroatoms. The van der Waals surface area contributed by atoms with E-state index in [1.165, 1.54) is 0 Å². The Balaban J connectivity index is 2.08. The minimum absolute atomic E-state index is 0.192. The lowest BCUT2D eigenvalue weighted by Gasteiger charge is -2.18. The van der Waals surface area contributed by atoms with Gasteiger partial charge in [0.15, 0.2) is 0 Å². The van der Waals surface area contributed by atoms with E-state index in [4.69, 9.17) is 0 Å². The molecule has 0 bridgehead atoms.